The van der Waals surface area contributed by atoms with Crippen LogP contribution in [0.3, 0.4) is 0 Å². The minimum absolute atomic E-state index is 0.149. The van der Waals surface area contributed by atoms with Gasteiger partial charge in [0.2, 0.25) is 0 Å². The maximum Gasteiger partial charge on any atom is 0.269 e. The molecule has 0 aliphatic heterocycles. The number of benzene rings is 1. The van der Waals surface area contributed by atoms with Gasteiger partial charge in [0.1, 0.15) is 0 Å². The Bertz CT molecular complexity index is 419. The normalized spacial score (nSPS) is 22.6. The van der Waals surface area contributed by atoms with Crippen LogP contribution in [-0.2, 0) is 6.42 Å². The second-order valence-corrected chi connectivity index (χ2v) is 5.16. The fourth-order valence-electron chi connectivity index (χ4n) is 2.77. The van der Waals surface area contributed by atoms with E-state index in [4.69, 9.17) is 5.73 Å². The predicted octanol–water partition coefficient (Wildman–Crippen LogP) is 1.85. The van der Waals surface area contributed by atoms with E-state index in [-0.39, 0.29) is 10.6 Å². The largest absolute Gasteiger partial charge is 0.330 e. The van der Waals surface area contributed by atoms with Crippen molar-refractivity contribution in [2.24, 2.45) is 11.7 Å². The first-order valence-electron chi connectivity index (χ1n) is 6.87. The van der Waals surface area contributed by atoms with Crippen LogP contribution < -0.4 is 11.1 Å². The summed E-state index contributed by atoms with van der Waals surface area (Å²) in [6.45, 7) is 1.66. The summed E-state index contributed by atoms with van der Waals surface area (Å²) in [6, 6.07) is 7.33. The molecule has 3 N–H and O–H groups in total. The van der Waals surface area contributed by atoms with Crippen LogP contribution in [0.1, 0.15) is 24.8 Å². The molecule has 0 bridgehead atoms. The Morgan fingerprint density at radius 2 is 2.05 bits per heavy atom. The molecule has 0 heterocycles. The molecule has 0 radical (unpaired) electrons. The van der Waals surface area contributed by atoms with Gasteiger partial charge in [-0.05, 0) is 43.8 Å². The quantitative estimate of drug-likeness (QED) is 0.606. The number of nitro benzene ring substituents is 1. The Morgan fingerprint density at radius 3 is 2.68 bits per heavy atom. The lowest BCUT2D eigenvalue weighted by atomic mass is 10.0. The molecule has 2 atom stereocenters. The van der Waals surface area contributed by atoms with E-state index in [0.717, 1.165) is 25.1 Å². The van der Waals surface area contributed by atoms with Gasteiger partial charge < -0.3 is 11.1 Å². The van der Waals surface area contributed by atoms with Gasteiger partial charge in [0.15, 0.2) is 0 Å². The first-order chi connectivity index (χ1) is 9.20. The lowest BCUT2D eigenvalue weighted by Gasteiger charge is -2.19. The summed E-state index contributed by atoms with van der Waals surface area (Å²) in [5, 5.41) is 14.1. The molecule has 0 aromatic heterocycles. The highest BCUT2D eigenvalue weighted by atomic mass is 16.6. The number of hydrogen-bond acceptors (Lipinski definition) is 4. The first kappa shape index (κ1) is 14.0. The molecule has 2 unspecified atom stereocenters. The van der Waals surface area contributed by atoms with E-state index in [1.54, 1.807) is 12.1 Å². The average molecular weight is 263 g/mol. The molecule has 2 rings (SSSR count). The van der Waals surface area contributed by atoms with Crippen molar-refractivity contribution >= 4 is 5.69 Å². The van der Waals surface area contributed by atoms with E-state index in [2.05, 4.69) is 5.32 Å². The van der Waals surface area contributed by atoms with Gasteiger partial charge >= 0.3 is 0 Å². The first-order valence-corrected chi connectivity index (χ1v) is 6.87. The minimum Gasteiger partial charge on any atom is -0.330 e. The van der Waals surface area contributed by atoms with Gasteiger partial charge in [0.25, 0.3) is 5.69 Å². The second kappa shape index (κ2) is 6.63. The van der Waals surface area contributed by atoms with Gasteiger partial charge in [-0.25, -0.2) is 0 Å². The Hall–Kier alpha value is -1.46. The maximum atomic E-state index is 10.6. The molecule has 1 fully saturated rings. The lowest BCUT2D eigenvalue weighted by molar-refractivity contribution is -0.384. The van der Waals surface area contributed by atoms with Crippen molar-refractivity contribution in [1.82, 2.24) is 5.32 Å². The highest BCUT2D eigenvalue weighted by molar-refractivity contribution is 5.32. The summed E-state index contributed by atoms with van der Waals surface area (Å²) in [7, 11) is 0. The number of hydrogen-bond donors (Lipinski definition) is 2. The van der Waals surface area contributed by atoms with Gasteiger partial charge in [0.05, 0.1) is 4.92 Å². The van der Waals surface area contributed by atoms with Gasteiger partial charge in [-0.3, -0.25) is 10.1 Å². The molecule has 1 aromatic rings. The highest BCUT2D eigenvalue weighted by Gasteiger charge is 2.24. The monoisotopic (exact) mass is 263 g/mol. The molecule has 5 heteroatoms. The van der Waals surface area contributed by atoms with Crippen LogP contribution in [0.5, 0.6) is 0 Å². The van der Waals surface area contributed by atoms with Gasteiger partial charge in [0, 0.05) is 18.2 Å². The maximum absolute atomic E-state index is 10.6. The Morgan fingerprint density at radius 1 is 1.32 bits per heavy atom. The third-order valence-corrected chi connectivity index (χ3v) is 3.93. The number of nitrogens with two attached hydrogens (primary N) is 1. The third-order valence-electron chi connectivity index (χ3n) is 3.93. The average Bonchev–Trinajstić information content (AvgIpc) is 2.87. The zero-order valence-electron chi connectivity index (χ0n) is 11.0. The fraction of sp³-hybridized carbons (Fsp3) is 0.571. The summed E-state index contributed by atoms with van der Waals surface area (Å²) in [5.74, 6) is 0.608. The smallest absolute Gasteiger partial charge is 0.269 e. The molecule has 104 valence electrons. The second-order valence-electron chi connectivity index (χ2n) is 5.16. The molecule has 1 saturated carbocycles. The van der Waals surface area contributed by atoms with Crippen molar-refractivity contribution in [1.29, 1.82) is 0 Å². The Balaban J connectivity index is 1.77. The van der Waals surface area contributed by atoms with E-state index in [0.29, 0.717) is 12.0 Å². The Labute approximate surface area is 113 Å². The van der Waals surface area contributed by atoms with Crippen molar-refractivity contribution in [2.45, 2.75) is 31.7 Å². The minimum atomic E-state index is -0.369. The van der Waals surface area contributed by atoms with Crippen molar-refractivity contribution in [3.05, 3.63) is 39.9 Å². The summed E-state index contributed by atoms with van der Waals surface area (Å²) < 4.78 is 0. The van der Waals surface area contributed by atoms with Crippen LogP contribution in [0.15, 0.2) is 24.3 Å². The van der Waals surface area contributed by atoms with Crippen molar-refractivity contribution in [2.75, 3.05) is 13.1 Å². The molecule has 19 heavy (non-hydrogen) atoms. The van der Waals surface area contributed by atoms with Crippen LogP contribution in [0, 0.1) is 16.0 Å². The predicted molar refractivity (Wildman–Crippen MR) is 75.0 cm³/mol. The number of non-ortho nitro benzene ring substituents is 1. The zero-order chi connectivity index (χ0) is 13.7. The zero-order valence-corrected chi connectivity index (χ0v) is 11.0. The number of nitro groups is 1. The highest BCUT2D eigenvalue weighted by Crippen LogP contribution is 2.24. The van der Waals surface area contributed by atoms with Crippen LogP contribution in [0.4, 0.5) is 5.69 Å². The molecule has 0 amide bonds. The third kappa shape index (κ3) is 3.75. The number of nitrogens with zero attached hydrogens (tertiary/aromatic N) is 1. The fourth-order valence-corrected chi connectivity index (χ4v) is 2.77. The van der Waals surface area contributed by atoms with Crippen LogP contribution in [-0.4, -0.2) is 24.1 Å². The standard InChI is InChI=1S/C14H21N3O2/c15-10-12-2-1-3-14(12)16-9-8-11-4-6-13(7-5-11)17(18)19/h4-7,12,14,16H,1-3,8-10,15H2. The molecule has 5 nitrogen and oxygen atoms in total. The van der Waals surface area contributed by atoms with Gasteiger partial charge in [-0.2, -0.15) is 0 Å². The van der Waals surface area contributed by atoms with Crippen LogP contribution in [0.2, 0.25) is 0 Å². The molecule has 1 aliphatic carbocycles. The van der Waals surface area contributed by atoms with E-state index < -0.39 is 0 Å². The van der Waals surface area contributed by atoms with E-state index in [1.807, 2.05) is 12.1 Å². The van der Waals surface area contributed by atoms with E-state index in [1.165, 1.54) is 19.3 Å². The van der Waals surface area contributed by atoms with Gasteiger partial charge in [-0.15, -0.1) is 0 Å². The van der Waals surface area contributed by atoms with Crippen molar-refractivity contribution < 1.29 is 4.92 Å². The topological polar surface area (TPSA) is 81.2 Å². The molecular formula is C14H21N3O2. The Kier molecular flexibility index (Phi) is 4.87. The summed E-state index contributed by atoms with van der Waals surface area (Å²) >= 11 is 0. The van der Waals surface area contributed by atoms with Crippen molar-refractivity contribution in [3.8, 4) is 0 Å². The van der Waals surface area contributed by atoms with Crippen LogP contribution in [0.25, 0.3) is 0 Å². The number of rotatable bonds is 6. The molecular weight excluding hydrogens is 242 g/mol. The van der Waals surface area contributed by atoms with Gasteiger partial charge in [-0.1, -0.05) is 18.6 Å². The number of nitrogens with one attached hydrogen (secondary N) is 1. The van der Waals surface area contributed by atoms with E-state index >= 15 is 0 Å². The summed E-state index contributed by atoms with van der Waals surface area (Å²) in [6.07, 6.45) is 4.59. The van der Waals surface area contributed by atoms with Crippen LogP contribution >= 0.6 is 0 Å². The summed E-state index contributed by atoms with van der Waals surface area (Å²) in [4.78, 5) is 10.2. The lowest BCUT2D eigenvalue weighted by Crippen LogP contribution is -2.37. The molecule has 1 aromatic carbocycles. The SMILES string of the molecule is NCC1CCCC1NCCc1ccc([N+](=O)[O-])cc1. The molecule has 0 spiro atoms. The summed E-state index contributed by atoms with van der Waals surface area (Å²) in [5.41, 5.74) is 7.02. The van der Waals surface area contributed by atoms with Crippen molar-refractivity contribution in [3.63, 3.8) is 0 Å². The molecule has 1 aliphatic rings. The van der Waals surface area contributed by atoms with E-state index in [9.17, 15) is 10.1 Å². The molecule has 0 saturated heterocycles.